The Labute approximate surface area is 177 Å². The van der Waals surface area contributed by atoms with Crippen LogP contribution in [0, 0.1) is 0 Å². The maximum absolute atomic E-state index is 5.24. The number of fused-ring (bicyclic) bond motifs is 2. The molecule has 0 saturated heterocycles. The number of nitrogens with one attached hydrogen (secondary N) is 1. The Morgan fingerprint density at radius 3 is 2.43 bits per heavy atom. The van der Waals surface area contributed by atoms with Crippen LogP contribution < -0.4 is 10.1 Å². The van der Waals surface area contributed by atoms with Crippen LogP contribution in [-0.2, 0) is 0 Å². The van der Waals surface area contributed by atoms with Crippen molar-refractivity contribution in [2.45, 2.75) is 0 Å². The second-order valence-corrected chi connectivity index (χ2v) is 7.59. The van der Waals surface area contributed by atoms with Crippen molar-refractivity contribution < 1.29 is 4.74 Å². The largest absolute Gasteiger partial charge is 0.497 e. The summed E-state index contributed by atoms with van der Waals surface area (Å²) < 4.78 is 6.34. The Morgan fingerprint density at radius 2 is 1.60 bits per heavy atom. The zero-order valence-corrected chi connectivity index (χ0v) is 17.1. The van der Waals surface area contributed by atoms with Crippen LogP contribution in [0.2, 0.25) is 0 Å². The van der Waals surface area contributed by atoms with Crippen molar-refractivity contribution in [1.29, 1.82) is 0 Å². The number of ether oxygens (including phenoxy) is 1. The molecule has 0 unspecified atom stereocenters. The Kier molecular flexibility index (Phi) is 4.83. The first kappa shape index (κ1) is 18.3. The maximum atomic E-state index is 5.24. The number of aromatic nitrogens is 1. The van der Waals surface area contributed by atoms with Crippen LogP contribution in [0.15, 0.2) is 94.6 Å². The third-order valence-electron chi connectivity index (χ3n) is 4.87. The molecule has 0 aliphatic rings. The average molecular weight is 411 g/mol. The molecule has 0 aliphatic carbocycles. The van der Waals surface area contributed by atoms with E-state index >= 15 is 0 Å². The molecule has 0 saturated carbocycles. The Balaban J connectivity index is 1.51. The van der Waals surface area contributed by atoms with Crippen molar-refractivity contribution in [1.82, 2.24) is 4.98 Å². The summed E-state index contributed by atoms with van der Waals surface area (Å²) in [6, 6.07) is 26.0. The van der Waals surface area contributed by atoms with E-state index in [1.54, 1.807) is 18.4 Å². The maximum Gasteiger partial charge on any atom is 0.119 e. The molecule has 146 valence electrons. The van der Waals surface area contributed by atoms with Gasteiger partial charge in [-0.15, -0.1) is 21.6 Å². The molecule has 5 nitrogen and oxygen atoms in total. The van der Waals surface area contributed by atoms with Crippen molar-refractivity contribution in [2.75, 3.05) is 12.4 Å². The minimum Gasteiger partial charge on any atom is -0.497 e. The first-order valence-electron chi connectivity index (χ1n) is 9.48. The lowest BCUT2D eigenvalue weighted by Gasteiger charge is -2.11. The SMILES string of the molecule is COc1ccc(Nc2ccc(N=Nc3cccc4scnc34)c3ccccc23)cc1. The van der Waals surface area contributed by atoms with E-state index in [-0.39, 0.29) is 0 Å². The van der Waals surface area contributed by atoms with E-state index in [4.69, 9.17) is 4.74 Å². The lowest BCUT2D eigenvalue weighted by molar-refractivity contribution is 0.415. The van der Waals surface area contributed by atoms with Gasteiger partial charge in [0.1, 0.15) is 17.0 Å². The number of thiazole rings is 1. The molecule has 1 aromatic heterocycles. The highest BCUT2D eigenvalue weighted by molar-refractivity contribution is 7.16. The van der Waals surface area contributed by atoms with Crippen LogP contribution in [0.25, 0.3) is 21.0 Å². The van der Waals surface area contributed by atoms with Crippen LogP contribution in [0.1, 0.15) is 0 Å². The summed E-state index contributed by atoms with van der Waals surface area (Å²) in [5.41, 5.74) is 6.31. The minimum atomic E-state index is 0.776. The summed E-state index contributed by atoms with van der Waals surface area (Å²) >= 11 is 1.60. The number of para-hydroxylation sites is 1. The second-order valence-electron chi connectivity index (χ2n) is 6.71. The highest BCUT2D eigenvalue weighted by Gasteiger charge is 2.07. The number of azo groups is 1. The monoisotopic (exact) mass is 410 g/mol. The molecular formula is C24H18N4OS. The van der Waals surface area contributed by atoms with E-state index in [1.165, 1.54) is 0 Å². The molecule has 0 bridgehead atoms. The van der Waals surface area contributed by atoms with Crippen molar-refractivity contribution in [3.05, 3.63) is 84.4 Å². The highest BCUT2D eigenvalue weighted by atomic mass is 32.1. The zero-order valence-electron chi connectivity index (χ0n) is 16.2. The highest BCUT2D eigenvalue weighted by Crippen LogP contribution is 2.35. The zero-order chi connectivity index (χ0) is 20.3. The molecule has 5 aromatic rings. The molecule has 0 amide bonds. The fraction of sp³-hybridized carbons (Fsp3) is 0.0417. The summed E-state index contributed by atoms with van der Waals surface area (Å²) in [6.07, 6.45) is 0. The summed E-state index contributed by atoms with van der Waals surface area (Å²) in [5, 5.41) is 14.6. The van der Waals surface area contributed by atoms with Crippen LogP contribution in [0.4, 0.5) is 22.7 Å². The molecule has 0 aliphatic heterocycles. The number of rotatable bonds is 5. The van der Waals surface area contributed by atoms with Crippen LogP contribution in [0.5, 0.6) is 5.75 Å². The number of methoxy groups -OCH3 is 1. The van der Waals surface area contributed by atoms with Crippen molar-refractivity contribution in [3.8, 4) is 5.75 Å². The van der Waals surface area contributed by atoms with E-state index in [9.17, 15) is 0 Å². The van der Waals surface area contributed by atoms with Gasteiger partial charge in [-0.05, 0) is 48.5 Å². The number of hydrogen-bond donors (Lipinski definition) is 1. The number of anilines is 2. The van der Waals surface area contributed by atoms with Gasteiger partial charge in [0, 0.05) is 22.1 Å². The fourth-order valence-corrected chi connectivity index (χ4v) is 4.07. The number of nitrogens with zero attached hydrogens (tertiary/aromatic N) is 3. The van der Waals surface area contributed by atoms with Crippen molar-refractivity contribution >= 4 is 55.1 Å². The minimum absolute atomic E-state index is 0.776. The van der Waals surface area contributed by atoms with Gasteiger partial charge in [-0.3, -0.25) is 0 Å². The van der Waals surface area contributed by atoms with Gasteiger partial charge < -0.3 is 10.1 Å². The molecule has 0 radical (unpaired) electrons. The molecule has 1 N–H and O–H groups in total. The molecule has 1 heterocycles. The van der Waals surface area contributed by atoms with Crippen LogP contribution in [0.3, 0.4) is 0 Å². The molecule has 6 heteroatoms. The normalized spacial score (nSPS) is 11.4. The summed E-state index contributed by atoms with van der Waals surface area (Å²) in [7, 11) is 1.66. The van der Waals surface area contributed by atoms with Gasteiger partial charge in [0.25, 0.3) is 0 Å². The average Bonchev–Trinajstić information content (AvgIpc) is 3.29. The van der Waals surface area contributed by atoms with Crippen LogP contribution >= 0.6 is 11.3 Å². The standard InChI is InChI=1S/C24H18N4OS/c1-29-17-11-9-16(10-12-17)26-20-13-14-21(19-6-3-2-5-18(19)20)27-28-22-7-4-8-23-24(22)25-15-30-23/h2-15,26H,1H3. The van der Waals surface area contributed by atoms with Crippen molar-refractivity contribution in [2.24, 2.45) is 10.2 Å². The molecule has 0 spiro atoms. The van der Waals surface area contributed by atoms with Gasteiger partial charge in [0.05, 0.1) is 23.0 Å². The summed E-state index contributed by atoms with van der Waals surface area (Å²) in [6.45, 7) is 0. The smallest absolute Gasteiger partial charge is 0.119 e. The van der Waals surface area contributed by atoms with E-state index in [1.807, 2.05) is 72.2 Å². The van der Waals surface area contributed by atoms with Gasteiger partial charge in [-0.1, -0.05) is 30.3 Å². The molecule has 4 aromatic carbocycles. The number of hydrogen-bond acceptors (Lipinski definition) is 6. The van der Waals surface area contributed by atoms with Crippen LogP contribution in [-0.4, -0.2) is 12.1 Å². The first-order chi connectivity index (χ1) is 14.8. The van der Waals surface area contributed by atoms with Gasteiger partial charge in [-0.25, -0.2) is 4.98 Å². The van der Waals surface area contributed by atoms with Gasteiger partial charge >= 0.3 is 0 Å². The Bertz CT molecular complexity index is 1360. The van der Waals surface area contributed by atoms with E-state index in [0.29, 0.717) is 0 Å². The van der Waals surface area contributed by atoms with Gasteiger partial charge in [0.2, 0.25) is 0 Å². The summed E-state index contributed by atoms with van der Waals surface area (Å²) in [4.78, 5) is 4.41. The molecule has 30 heavy (non-hydrogen) atoms. The predicted molar refractivity (Wildman–Crippen MR) is 124 cm³/mol. The second kappa shape index (κ2) is 7.93. The molecule has 5 rings (SSSR count). The van der Waals surface area contributed by atoms with E-state index < -0.39 is 0 Å². The quantitative estimate of drug-likeness (QED) is 0.303. The van der Waals surface area contributed by atoms with E-state index in [0.717, 1.165) is 49.5 Å². The molecule has 0 fully saturated rings. The van der Waals surface area contributed by atoms with Crippen molar-refractivity contribution in [3.63, 3.8) is 0 Å². The predicted octanol–water partition coefficient (Wildman–Crippen LogP) is 7.62. The van der Waals surface area contributed by atoms with Gasteiger partial charge in [-0.2, -0.15) is 0 Å². The Hall–Kier alpha value is -3.77. The first-order valence-corrected chi connectivity index (χ1v) is 10.4. The lowest BCUT2D eigenvalue weighted by Crippen LogP contribution is -1.92. The van der Waals surface area contributed by atoms with E-state index in [2.05, 4.69) is 32.7 Å². The fourth-order valence-electron chi connectivity index (χ4n) is 3.37. The Morgan fingerprint density at radius 1 is 0.800 bits per heavy atom. The third kappa shape index (κ3) is 3.49. The molecule has 0 atom stereocenters. The van der Waals surface area contributed by atoms with Gasteiger partial charge in [0.15, 0.2) is 0 Å². The third-order valence-corrected chi connectivity index (χ3v) is 5.67. The topological polar surface area (TPSA) is 58.9 Å². The number of benzene rings is 4. The molecular weight excluding hydrogens is 392 g/mol. The summed E-state index contributed by atoms with van der Waals surface area (Å²) in [5.74, 6) is 0.830. The lowest BCUT2D eigenvalue weighted by atomic mass is 10.1.